The largest absolute Gasteiger partial charge is 0.339 e. The molecule has 0 spiro atoms. The van der Waals surface area contributed by atoms with E-state index in [-0.39, 0.29) is 0 Å². The monoisotopic (exact) mass is 280 g/mol. The van der Waals surface area contributed by atoms with Crippen LogP contribution in [0.2, 0.25) is 0 Å². The van der Waals surface area contributed by atoms with E-state index in [1.54, 1.807) is 0 Å². The average Bonchev–Trinajstić information content (AvgIpc) is 2.87. The van der Waals surface area contributed by atoms with E-state index in [0.717, 1.165) is 37.5 Å². The Morgan fingerprint density at radius 1 is 1.45 bits per heavy atom. The molecule has 0 radical (unpaired) electrons. The highest BCUT2D eigenvalue weighted by Crippen LogP contribution is 2.21. The molecule has 0 aromatic carbocycles. The summed E-state index contributed by atoms with van der Waals surface area (Å²) in [5.74, 6) is 2.35. The van der Waals surface area contributed by atoms with Crippen molar-refractivity contribution < 1.29 is 4.52 Å². The van der Waals surface area contributed by atoms with E-state index in [4.69, 9.17) is 4.52 Å². The van der Waals surface area contributed by atoms with Crippen LogP contribution in [0.1, 0.15) is 44.8 Å². The van der Waals surface area contributed by atoms with Crippen molar-refractivity contribution in [1.29, 1.82) is 0 Å². The minimum atomic E-state index is 0.639. The fourth-order valence-corrected chi connectivity index (χ4v) is 2.88. The van der Waals surface area contributed by atoms with Crippen molar-refractivity contribution >= 4 is 0 Å². The molecule has 1 aromatic heterocycles. The first-order valence-electron chi connectivity index (χ1n) is 7.89. The van der Waals surface area contributed by atoms with Crippen molar-refractivity contribution in [1.82, 2.24) is 20.4 Å². The van der Waals surface area contributed by atoms with Crippen LogP contribution in [0.4, 0.5) is 0 Å². The Morgan fingerprint density at radius 3 is 3.05 bits per heavy atom. The molecule has 2 heterocycles. The minimum absolute atomic E-state index is 0.639. The van der Waals surface area contributed by atoms with E-state index < -0.39 is 0 Å². The molecular formula is C15H28N4O. The lowest BCUT2D eigenvalue weighted by molar-refractivity contribution is 0.138. The molecule has 0 saturated carbocycles. The van der Waals surface area contributed by atoms with Gasteiger partial charge >= 0.3 is 0 Å². The normalized spacial score (nSPS) is 20.7. The molecule has 1 aliphatic rings. The topological polar surface area (TPSA) is 54.2 Å². The second-order valence-corrected chi connectivity index (χ2v) is 6.11. The van der Waals surface area contributed by atoms with E-state index in [1.165, 1.54) is 25.9 Å². The van der Waals surface area contributed by atoms with Gasteiger partial charge in [-0.3, -0.25) is 0 Å². The number of hydrogen-bond donors (Lipinski definition) is 1. The van der Waals surface area contributed by atoms with Crippen LogP contribution in [0, 0.1) is 5.92 Å². The molecule has 1 atom stereocenters. The van der Waals surface area contributed by atoms with Gasteiger partial charge in [-0.15, -0.1) is 0 Å². The van der Waals surface area contributed by atoms with Crippen molar-refractivity contribution in [3.63, 3.8) is 0 Å². The Labute approximate surface area is 122 Å². The molecule has 20 heavy (non-hydrogen) atoms. The second-order valence-electron chi connectivity index (χ2n) is 6.11. The zero-order valence-corrected chi connectivity index (χ0v) is 13.1. The van der Waals surface area contributed by atoms with Crippen LogP contribution in [0.5, 0.6) is 0 Å². The van der Waals surface area contributed by atoms with Gasteiger partial charge in [0.1, 0.15) is 0 Å². The predicted molar refractivity (Wildman–Crippen MR) is 79.7 cm³/mol. The summed E-state index contributed by atoms with van der Waals surface area (Å²) in [6, 6.07) is 0.639. The number of nitrogens with zero attached hydrogens (tertiary/aromatic N) is 3. The maximum Gasteiger partial charge on any atom is 0.226 e. The van der Waals surface area contributed by atoms with Crippen LogP contribution in [0.15, 0.2) is 4.52 Å². The molecule has 0 bridgehead atoms. The van der Waals surface area contributed by atoms with Crippen molar-refractivity contribution in [3.8, 4) is 0 Å². The van der Waals surface area contributed by atoms with E-state index >= 15 is 0 Å². The van der Waals surface area contributed by atoms with Crippen LogP contribution < -0.4 is 5.32 Å². The Balaban J connectivity index is 1.80. The number of likely N-dealkylation sites (tertiary alicyclic amines) is 1. The Morgan fingerprint density at radius 2 is 2.30 bits per heavy atom. The van der Waals surface area contributed by atoms with Crippen molar-refractivity contribution in [3.05, 3.63) is 11.7 Å². The number of rotatable bonds is 7. The van der Waals surface area contributed by atoms with Gasteiger partial charge in [-0.25, -0.2) is 0 Å². The second kappa shape index (κ2) is 7.74. The van der Waals surface area contributed by atoms with Crippen molar-refractivity contribution in [2.24, 2.45) is 5.92 Å². The Bertz CT molecular complexity index is 391. The standard InChI is InChI=1S/C15H28N4O/c1-12(2)19-9-5-6-13(11-19)10-14-17-15(20-18-14)7-4-8-16-3/h12-13,16H,4-11H2,1-3H3. The summed E-state index contributed by atoms with van der Waals surface area (Å²) in [4.78, 5) is 7.08. The van der Waals surface area contributed by atoms with Crippen molar-refractivity contribution in [2.75, 3.05) is 26.7 Å². The molecule has 1 fully saturated rings. The number of hydrogen-bond acceptors (Lipinski definition) is 5. The lowest BCUT2D eigenvalue weighted by Crippen LogP contribution is -2.40. The van der Waals surface area contributed by atoms with E-state index in [9.17, 15) is 0 Å². The fraction of sp³-hybridized carbons (Fsp3) is 0.867. The lowest BCUT2D eigenvalue weighted by atomic mass is 9.94. The summed E-state index contributed by atoms with van der Waals surface area (Å²) in [6.45, 7) is 7.94. The highest BCUT2D eigenvalue weighted by Gasteiger charge is 2.23. The lowest BCUT2D eigenvalue weighted by Gasteiger charge is -2.35. The molecule has 2 rings (SSSR count). The highest BCUT2D eigenvalue weighted by atomic mass is 16.5. The molecular weight excluding hydrogens is 252 g/mol. The molecule has 0 amide bonds. The molecule has 1 saturated heterocycles. The van der Waals surface area contributed by atoms with Gasteiger partial charge in [0.25, 0.3) is 0 Å². The van der Waals surface area contributed by atoms with Gasteiger partial charge in [0, 0.05) is 25.4 Å². The number of nitrogens with one attached hydrogen (secondary N) is 1. The van der Waals surface area contributed by atoms with Crippen molar-refractivity contribution in [2.45, 2.75) is 52.0 Å². The zero-order valence-electron chi connectivity index (χ0n) is 13.1. The molecule has 0 aliphatic carbocycles. The van der Waals surface area contributed by atoms with Crippen LogP contribution >= 0.6 is 0 Å². The summed E-state index contributed by atoms with van der Waals surface area (Å²) in [7, 11) is 1.96. The quantitative estimate of drug-likeness (QED) is 0.773. The Kier molecular flexibility index (Phi) is 5.98. The molecule has 5 heteroatoms. The molecule has 1 aliphatic heterocycles. The summed E-state index contributed by atoms with van der Waals surface area (Å²) in [6.07, 6.45) is 5.45. The summed E-state index contributed by atoms with van der Waals surface area (Å²) >= 11 is 0. The van der Waals surface area contributed by atoms with Gasteiger partial charge in [-0.2, -0.15) is 4.98 Å². The third-order valence-corrected chi connectivity index (χ3v) is 4.08. The number of piperidine rings is 1. The number of aryl methyl sites for hydroxylation is 1. The summed E-state index contributed by atoms with van der Waals surface area (Å²) in [5.41, 5.74) is 0. The number of aromatic nitrogens is 2. The third kappa shape index (κ3) is 4.56. The van der Waals surface area contributed by atoms with Crippen LogP contribution in [-0.2, 0) is 12.8 Å². The Hall–Kier alpha value is -0.940. The molecule has 1 aromatic rings. The molecule has 114 valence electrons. The van der Waals surface area contributed by atoms with Crippen LogP contribution in [0.25, 0.3) is 0 Å². The van der Waals surface area contributed by atoms with E-state index in [1.807, 2.05) is 7.05 Å². The third-order valence-electron chi connectivity index (χ3n) is 4.08. The van der Waals surface area contributed by atoms with Crippen LogP contribution in [0.3, 0.4) is 0 Å². The SMILES string of the molecule is CNCCCc1nc(CC2CCCN(C(C)C)C2)no1. The average molecular weight is 280 g/mol. The van der Waals surface area contributed by atoms with Crippen LogP contribution in [-0.4, -0.2) is 47.8 Å². The first-order chi connectivity index (χ1) is 9.69. The maximum absolute atomic E-state index is 5.32. The van der Waals surface area contributed by atoms with E-state index in [0.29, 0.717) is 12.0 Å². The maximum atomic E-state index is 5.32. The van der Waals surface area contributed by atoms with Gasteiger partial charge in [0.15, 0.2) is 5.82 Å². The molecule has 1 unspecified atom stereocenters. The van der Waals surface area contributed by atoms with E-state index in [2.05, 4.69) is 34.2 Å². The first kappa shape index (κ1) is 15.4. The molecule has 1 N–H and O–H groups in total. The fourth-order valence-electron chi connectivity index (χ4n) is 2.88. The summed E-state index contributed by atoms with van der Waals surface area (Å²) in [5, 5.41) is 7.26. The van der Waals surface area contributed by atoms with Gasteiger partial charge in [-0.1, -0.05) is 5.16 Å². The van der Waals surface area contributed by atoms with Gasteiger partial charge < -0.3 is 14.7 Å². The first-order valence-corrected chi connectivity index (χ1v) is 7.89. The molecule has 5 nitrogen and oxygen atoms in total. The van der Waals surface area contributed by atoms with Gasteiger partial charge in [-0.05, 0) is 59.2 Å². The minimum Gasteiger partial charge on any atom is -0.339 e. The predicted octanol–water partition coefficient (Wildman–Crippen LogP) is 1.88. The highest BCUT2D eigenvalue weighted by molar-refractivity contribution is 4.90. The summed E-state index contributed by atoms with van der Waals surface area (Å²) < 4.78 is 5.32. The smallest absolute Gasteiger partial charge is 0.226 e. The van der Waals surface area contributed by atoms with Gasteiger partial charge in [0.2, 0.25) is 5.89 Å². The van der Waals surface area contributed by atoms with Gasteiger partial charge in [0.05, 0.1) is 0 Å². The zero-order chi connectivity index (χ0) is 14.4.